The Balaban J connectivity index is 1.67. The molecule has 3 aromatic rings. The first-order chi connectivity index (χ1) is 13.6. The summed E-state index contributed by atoms with van der Waals surface area (Å²) in [6.45, 7) is 4.05. The van der Waals surface area contributed by atoms with Crippen molar-refractivity contribution in [1.82, 2.24) is 30.0 Å². The van der Waals surface area contributed by atoms with Crippen molar-refractivity contribution < 1.29 is 8.78 Å². The van der Waals surface area contributed by atoms with Gasteiger partial charge in [-0.05, 0) is 52.9 Å². The highest BCUT2D eigenvalue weighted by Gasteiger charge is 2.30. The van der Waals surface area contributed by atoms with Crippen molar-refractivity contribution in [2.24, 2.45) is 0 Å². The third-order valence-electron chi connectivity index (χ3n) is 5.14. The van der Waals surface area contributed by atoms with Gasteiger partial charge < -0.3 is 4.90 Å². The van der Waals surface area contributed by atoms with Crippen LogP contribution in [0.3, 0.4) is 0 Å². The largest absolute Gasteiger partial charge is 0.304 e. The van der Waals surface area contributed by atoms with Crippen molar-refractivity contribution in [3.63, 3.8) is 0 Å². The summed E-state index contributed by atoms with van der Waals surface area (Å²) in [6, 6.07) is 12.6. The lowest BCUT2D eigenvalue weighted by atomic mass is 10.0. The molecule has 2 aromatic carbocycles. The number of benzene rings is 2. The summed E-state index contributed by atoms with van der Waals surface area (Å²) in [5.74, 6) is 0.148. The predicted octanol–water partition coefficient (Wildman–Crippen LogP) is 2.34. The minimum atomic E-state index is -0.276. The molecule has 1 aliphatic heterocycles. The van der Waals surface area contributed by atoms with Gasteiger partial charge in [0.1, 0.15) is 11.6 Å². The van der Waals surface area contributed by atoms with Gasteiger partial charge in [-0.3, -0.25) is 4.90 Å². The van der Waals surface area contributed by atoms with Crippen LogP contribution in [0.15, 0.2) is 48.5 Å². The molecule has 1 aliphatic rings. The third kappa shape index (κ3) is 4.07. The summed E-state index contributed by atoms with van der Waals surface area (Å²) in [5, 5.41) is 12.3. The van der Waals surface area contributed by atoms with Crippen LogP contribution in [0.1, 0.15) is 23.0 Å². The number of tetrazole rings is 1. The Bertz CT molecular complexity index is 901. The summed E-state index contributed by atoms with van der Waals surface area (Å²) in [4.78, 5) is 4.60. The van der Waals surface area contributed by atoms with E-state index in [1.54, 1.807) is 28.9 Å². The van der Waals surface area contributed by atoms with Crippen LogP contribution in [0.2, 0.25) is 0 Å². The Morgan fingerprint density at radius 1 is 0.893 bits per heavy atom. The molecule has 8 heteroatoms. The lowest BCUT2D eigenvalue weighted by Crippen LogP contribution is -2.46. The average Bonchev–Trinajstić information content (AvgIpc) is 3.14. The maximum absolute atomic E-state index is 13.5. The van der Waals surface area contributed by atoms with Gasteiger partial charge in [0.25, 0.3) is 0 Å². The summed E-state index contributed by atoms with van der Waals surface area (Å²) < 4.78 is 28.4. The van der Waals surface area contributed by atoms with E-state index in [-0.39, 0.29) is 17.7 Å². The topological polar surface area (TPSA) is 50.1 Å². The Morgan fingerprint density at radius 2 is 1.50 bits per heavy atom. The minimum Gasteiger partial charge on any atom is -0.304 e. The maximum Gasteiger partial charge on any atom is 0.173 e. The average molecular weight is 384 g/mol. The second kappa shape index (κ2) is 8.12. The van der Waals surface area contributed by atoms with E-state index in [9.17, 15) is 8.78 Å². The van der Waals surface area contributed by atoms with Gasteiger partial charge in [0, 0.05) is 26.2 Å². The van der Waals surface area contributed by atoms with E-state index in [0.717, 1.165) is 37.3 Å². The molecule has 1 fully saturated rings. The smallest absolute Gasteiger partial charge is 0.173 e. The first kappa shape index (κ1) is 18.6. The molecular weight excluding hydrogens is 362 g/mol. The van der Waals surface area contributed by atoms with E-state index >= 15 is 0 Å². The number of hydrogen-bond acceptors (Lipinski definition) is 5. The molecule has 0 radical (unpaired) electrons. The SMILES string of the molecule is CN1CCN([C@H](c2ccc(F)cc2)c2nnnn2Cc2ccc(F)cc2)CC1. The fourth-order valence-electron chi connectivity index (χ4n) is 3.53. The van der Waals surface area contributed by atoms with Crippen LogP contribution in [0.25, 0.3) is 0 Å². The lowest BCUT2D eigenvalue weighted by Gasteiger charge is -2.37. The highest BCUT2D eigenvalue weighted by molar-refractivity contribution is 5.26. The number of aromatic nitrogens is 4. The standard InChI is InChI=1S/C20H22F2N6/c1-26-10-12-27(13-11-26)19(16-4-8-18(22)9-5-16)20-23-24-25-28(20)14-15-2-6-17(21)7-3-15/h2-9,19H,10-14H2,1H3/t19-/m1/s1. The van der Waals surface area contributed by atoms with Crippen LogP contribution in [0.4, 0.5) is 8.78 Å². The van der Waals surface area contributed by atoms with Gasteiger partial charge in [0.2, 0.25) is 0 Å². The van der Waals surface area contributed by atoms with E-state index in [1.165, 1.54) is 24.3 Å². The summed E-state index contributed by atoms with van der Waals surface area (Å²) in [5.41, 5.74) is 1.85. The van der Waals surface area contributed by atoms with Crippen molar-refractivity contribution in [3.05, 3.63) is 77.1 Å². The van der Waals surface area contributed by atoms with Gasteiger partial charge in [0.05, 0.1) is 12.6 Å². The van der Waals surface area contributed by atoms with Gasteiger partial charge in [-0.25, -0.2) is 13.5 Å². The highest BCUT2D eigenvalue weighted by atomic mass is 19.1. The summed E-state index contributed by atoms with van der Waals surface area (Å²) in [7, 11) is 2.10. The molecule has 4 rings (SSSR count). The van der Waals surface area contributed by atoms with Crippen molar-refractivity contribution in [1.29, 1.82) is 0 Å². The van der Waals surface area contributed by atoms with Crippen molar-refractivity contribution in [2.75, 3.05) is 33.2 Å². The molecule has 0 bridgehead atoms. The van der Waals surface area contributed by atoms with Crippen LogP contribution in [-0.2, 0) is 6.54 Å². The van der Waals surface area contributed by atoms with Crippen LogP contribution < -0.4 is 0 Å². The monoisotopic (exact) mass is 384 g/mol. The number of likely N-dealkylation sites (N-methyl/N-ethyl adjacent to an activating group) is 1. The Labute approximate surface area is 162 Å². The first-order valence-electron chi connectivity index (χ1n) is 9.29. The Kier molecular flexibility index (Phi) is 5.40. The number of rotatable bonds is 5. The van der Waals surface area contributed by atoms with Gasteiger partial charge in [-0.2, -0.15) is 0 Å². The van der Waals surface area contributed by atoms with Crippen molar-refractivity contribution in [2.45, 2.75) is 12.6 Å². The fraction of sp³-hybridized carbons (Fsp3) is 0.350. The zero-order chi connectivity index (χ0) is 19.5. The molecule has 1 atom stereocenters. The molecule has 146 valence electrons. The maximum atomic E-state index is 13.5. The van der Waals surface area contributed by atoms with Crippen LogP contribution in [0, 0.1) is 11.6 Å². The molecule has 28 heavy (non-hydrogen) atoms. The van der Waals surface area contributed by atoms with E-state index in [1.807, 2.05) is 0 Å². The third-order valence-corrected chi connectivity index (χ3v) is 5.14. The lowest BCUT2D eigenvalue weighted by molar-refractivity contribution is 0.121. The van der Waals surface area contributed by atoms with Crippen LogP contribution in [0.5, 0.6) is 0 Å². The molecule has 0 N–H and O–H groups in total. The Morgan fingerprint density at radius 3 is 2.14 bits per heavy atom. The molecule has 0 amide bonds. The van der Waals surface area contributed by atoms with Gasteiger partial charge in [-0.15, -0.1) is 5.10 Å². The van der Waals surface area contributed by atoms with E-state index in [4.69, 9.17) is 0 Å². The number of hydrogen-bond donors (Lipinski definition) is 0. The quantitative estimate of drug-likeness (QED) is 0.676. The van der Waals surface area contributed by atoms with Crippen LogP contribution >= 0.6 is 0 Å². The molecule has 2 heterocycles. The number of halogens is 2. The van der Waals surface area contributed by atoms with Gasteiger partial charge in [-0.1, -0.05) is 24.3 Å². The molecule has 0 saturated carbocycles. The van der Waals surface area contributed by atoms with Crippen molar-refractivity contribution in [3.8, 4) is 0 Å². The fourth-order valence-corrected chi connectivity index (χ4v) is 3.53. The zero-order valence-electron chi connectivity index (χ0n) is 15.7. The molecule has 0 spiro atoms. The number of nitrogens with zero attached hydrogens (tertiary/aromatic N) is 6. The number of piperazine rings is 1. The molecule has 1 saturated heterocycles. The highest BCUT2D eigenvalue weighted by Crippen LogP contribution is 2.28. The van der Waals surface area contributed by atoms with E-state index < -0.39 is 0 Å². The second-order valence-corrected chi connectivity index (χ2v) is 7.11. The minimum absolute atomic E-state index is 0.176. The zero-order valence-corrected chi connectivity index (χ0v) is 15.7. The normalized spacial score (nSPS) is 17.0. The predicted molar refractivity (Wildman–Crippen MR) is 101 cm³/mol. The molecule has 1 aromatic heterocycles. The Hall–Kier alpha value is -2.71. The van der Waals surface area contributed by atoms with E-state index in [0.29, 0.717) is 12.4 Å². The molecule has 6 nitrogen and oxygen atoms in total. The molecular formula is C20H22F2N6. The molecule has 0 aliphatic carbocycles. The van der Waals surface area contributed by atoms with Gasteiger partial charge >= 0.3 is 0 Å². The second-order valence-electron chi connectivity index (χ2n) is 7.11. The molecule has 0 unspecified atom stereocenters. The first-order valence-corrected chi connectivity index (χ1v) is 9.29. The van der Waals surface area contributed by atoms with Gasteiger partial charge in [0.15, 0.2) is 5.82 Å². The van der Waals surface area contributed by atoms with Crippen molar-refractivity contribution >= 4 is 0 Å². The van der Waals surface area contributed by atoms with E-state index in [2.05, 4.69) is 32.4 Å². The summed E-state index contributed by atoms with van der Waals surface area (Å²) in [6.07, 6.45) is 0. The van der Waals surface area contributed by atoms with Crippen LogP contribution in [-0.4, -0.2) is 63.2 Å². The summed E-state index contributed by atoms with van der Waals surface area (Å²) >= 11 is 0.